The van der Waals surface area contributed by atoms with Gasteiger partial charge in [-0.3, -0.25) is 0 Å². The molecule has 0 aromatic carbocycles. The van der Waals surface area contributed by atoms with Crippen LogP contribution in [0.2, 0.25) is 0 Å². The first-order chi connectivity index (χ1) is 6.29. The smallest absolute Gasteiger partial charge is 0.0771 e. The van der Waals surface area contributed by atoms with Crippen molar-refractivity contribution < 1.29 is 9.84 Å². The number of rotatable bonds is 3. The Balaban J connectivity index is 1.71. The van der Waals surface area contributed by atoms with E-state index in [1.165, 1.54) is 19.3 Å². The van der Waals surface area contributed by atoms with Gasteiger partial charge in [-0.05, 0) is 12.8 Å². The lowest BCUT2D eigenvalue weighted by Crippen LogP contribution is -2.52. The van der Waals surface area contributed by atoms with Crippen molar-refractivity contribution in [2.75, 3.05) is 19.8 Å². The number of ether oxygens (including phenoxy) is 1. The van der Waals surface area contributed by atoms with E-state index in [1.807, 2.05) is 0 Å². The van der Waals surface area contributed by atoms with Crippen molar-refractivity contribution in [3.63, 3.8) is 0 Å². The molecular weight excluding hydrogens is 166 g/mol. The van der Waals surface area contributed by atoms with Crippen LogP contribution in [0, 0.1) is 0 Å². The Bertz CT molecular complexity index is 162. The lowest BCUT2D eigenvalue weighted by molar-refractivity contribution is -0.0347. The van der Waals surface area contributed by atoms with Gasteiger partial charge in [0.05, 0.1) is 24.9 Å². The molecule has 0 atom stereocenters. The highest BCUT2D eigenvalue weighted by Crippen LogP contribution is 2.27. The first-order valence-corrected chi connectivity index (χ1v) is 5.32. The average molecular weight is 185 g/mol. The van der Waals surface area contributed by atoms with Crippen LogP contribution in [0.5, 0.6) is 0 Å². The molecule has 2 aliphatic rings. The van der Waals surface area contributed by atoms with E-state index in [-0.39, 0.29) is 0 Å². The normalized spacial score (nSPS) is 28.4. The van der Waals surface area contributed by atoms with Gasteiger partial charge in [-0.15, -0.1) is 0 Å². The van der Waals surface area contributed by atoms with E-state index >= 15 is 0 Å². The molecule has 0 aromatic rings. The summed E-state index contributed by atoms with van der Waals surface area (Å²) in [6, 6.07) is 0.492. The van der Waals surface area contributed by atoms with E-state index in [4.69, 9.17) is 4.74 Å². The summed E-state index contributed by atoms with van der Waals surface area (Å²) in [6.07, 6.45) is 5.58. The Kier molecular flexibility index (Phi) is 2.86. The first-order valence-electron chi connectivity index (χ1n) is 5.32. The molecule has 0 amide bonds. The largest absolute Gasteiger partial charge is 0.389 e. The van der Waals surface area contributed by atoms with E-state index < -0.39 is 5.60 Å². The number of hydrogen-bond donors (Lipinski definition) is 2. The molecule has 0 bridgehead atoms. The van der Waals surface area contributed by atoms with E-state index in [0.717, 1.165) is 32.6 Å². The third-order valence-electron chi connectivity index (χ3n) is 3.14. The average Bonchev–Trinajstić information content (AvgIpc) is 2.02. The highest BCUT2D eigenvalue weighted by molar-refractivity contribution is 4.86. The van der Waals surface area contributed by atoms with Crippen LogP contribution in [0.25, 0.3) is 0 Å². The fraction of sp³-hybridized carbons (Fsp3) is 1.00. The summed E-state index contributed by atoms with van der Waals surface area (Å²) in [5, 5.41) is 13.5. The molecular formula is C10H19NO2. The lowest BCUT2D eigenvalue weighted by Gasteiger charge is -2.35. The van der Waals surface area contributed by atoms with Crippen molar-refractivity contribution in [2.24, 2.45) is 0 Å². The van der Waals surface area contributed by atoms with Crippen LogP contribution < -0.4 is 5.32 Å². The Morgan fingerprint density at radius 3 is 2.46 bits per heavy atom. The van der Waals surface area contributed by atoms with Gasteiger partial charge in [-0.2, -0.15) is 0 Å². The summed E-state index contributed by atoms with van der Waals surface area (Å²) >= 11 is 0. The van der Waals surface area contributed by atoms with Gasteiger partial charge in [0.1, 0.15) is 0 Å². The molecule has 0 aromatic heterocycles. The second kappa shape index (κ2) is 3.95. The summed E-state index contributed by atoms with van der Waals surface area (Å²) < 4.78 is 5.06. The van der Waals surface area contributed by atoms with Gasteiger partial charge < -0.3 is 15.2 Å². The second-order valence-electron chi connectivity index (χ2n) is 4.40. The Morgan fingerprint density at radius 1 is 1.23 bits per heavy atom. The van der Waals surface area contributed by atoms with E-state index in [2.05, 4.69) is 5.32 Å². The van der Waals surface area contributed by atoms with E-state index in [1.54, 1.807) is 0 Å². The Hall–Kier alpha value is -0.120. The fourth-order valence-electron chi connectivity index (χ4n) is 2.07. The van der Waals surface area contributed by atoms with E-state index in [9.17, 15) is 5.11 Å². The third kappa shape index (κ3) is 2.42. The van der Waals surface area contributed by atoms with Gasteiger partial charge in [0.25, 0.3) is 0 Å². The second-order valence-corrected chi connectivity index (χ2v) is 4.40. The maximum Gasteiger partial charge on any atom is 0.0771 e. The molecule has 1 heterocycles. The molecule has 2 fully saturated rings. The minimum atomic E-state index is -0.423. The van der Waals surface area contributed by atoms with Crippen molar-refractivity contribution >= 4 is 0 Å². The molecule has 0 unspecified atom stereocenters. The van der Waals surface area contributed by atoms with Crippen LogP contribution in [0.1, 0.15) is 32.1 Å². The summed E-state index contributed by atoms with van der Waals surface area (Å²) in [6.45, 7) is 2.38. The van der Waals surface area contributed by atoms with Gasteiger partial charge in [0.2, 0.25) is 0 Å². The maximum absolute atomic E-state index is 10.1. The molecule has 2 rings (SSSR count). The number of aliphatic hydroxyl groups is 1. The van der Waals surface area contributed by atoms with Crippen LogP contribution in [0.4, 0.5) is 0 Å². The van der Waals surface area contributed by atoms with Crippen molar-refractivity contribution in [2.45, 2.75) is 43.7 Å². The van der Waals surface area contributed by atoms with Gasteiger partial charge in [0, 0.05) is 6.54 Å². The molecule has 76 valence electrons. The van der Waals surface area contributed by atoms with Crippen molar-refractivity contribution in [1.29, 1.82) is 0 Å². The van der Waals surface area contributed by atoms with Gasteiger partial charge >= 0.3 is 0 Å². The highest BCUT2D eigenvalue weighted by Gasteiger charge is 2.30. The zero-order valence-corrected chi connectivity index (χ0v) is 8.09. The van der Waals surface area contributed by atoms with Crippen LogP contribution >= 0.6 is 0 Å². The molecule has 1 saturated heterocycles. The van der Waals surface area contributed by atoms with Gasteiger partial charge in [-0.25, -0.2) is 0 Å². The fourth-order valence-corrected chi connectivity index (χ4v) is 2.07. The zero-order chi connectivity index (χ0) is 9.15. The summed E-state index contributed by atoms with van der Waals surface area (Å²) in [4.78, 5) is 0. The van der Waals surface area contributed by atoms with Crippen molar-refractivity contribution in [3.05, 3.63) is 0 Å². The molecule has 0 radical (unpaired) electrons. The van der Waals surface area contributed by atoms with Gasteiger partial charge in [-0.1, -0.05) is 19.3 Å². The Morgan fingerprint density at radius 2 is 1.92 bits per heavy atom. The van der Waals surface area contributed by atoms with Crippen LogP contribution in [0.15, 0.2) is 0 Å². The van der Waals surface area contributed by atoms with Gasteiger partial charge in [0.15, 0.2) is 0 Å². The molecule has 0 spiro atoms. The molecule has 13 heavy (non-hydrogen) atoms. The van der Waals surface area contributed by atoms with Crippen LogP contribution in [-0.4, -0.2) is 36.5 Å². The predicted octanol–water partition coefficient (Wildman–Crippen LogP) is 0.670. The molecule has 3 heteroatoms. The third-order valence-corrected chi connectivity index (χ3v) is 3.14. The molecule has 1 aliphatic carbocycles. The Labute approximate surface area is 79.5 Å². The topological polar surface area (TPSA) is 41.5 Å². The van der Waals surface area contributed by atoms with E-state index in [0.29, 0.717) is 6.04 Å². The SMILES string of the molecule is OC1(CNC2COC2)CCCCC1. The lowest BCUT2D eigenvalue weighted by atomic mass is 9.85. The molecule has 3 nitrogen and oxygen atoms in total. The predicted molar refractivity (Wildman–Crippen MR) is 50.6 cm³/mol. The summed E-state index contributed by atoms with van der Waals surface area (Å²) in [7, 11) is 0. The zero-order valence-electron chi connectivity index (χ0n) is 8.09. The minimum absolute atomic E-state index is 0.423. The number of hydrogen-bond acceptors (Lipinski definition) is 3. The van der Waals surface area contributed by atoms with Crippen LogP contribution in [0.3, 0.4) is 0 Å². The van der Waals surface area contributed by atoms with Crippen molar-refractivity contribution in [1.82, 2.24) is 5.32 Å². The summed E-state index contributed by atoms with van der Waals surface area (Å²) in [5.74, 6) is 0. The maximum atomic E-state index is 10.1. The first kappa shape index (κ1) is 9.44. The number of nitrogens with one attached hydrogen (secondary N) is 1. The molecule has 1 saturated carbocycles. The van der Waals surface area contributed by atoms with Crippen molar-refractivity contribution in [3.8, 4) is 0 Å². The molecule has 1 aliphatic heterocycles. The summed E-state index contributed by atoms with van der Waals surface area (Å²) in [5.41, 5.74) is -0.423. The quantitative estimate of drug-likeness (QED) is 0.679. The molecule has 2 N–H and O–H groups in total. The highest BCUT2D eigenvalue weighted by atomic mass is 16.5. The standard InChI is InChI=1S/C10H19NO2/c12-10(4-2-1-3-5-10)8-11-9-6-13-7-9/h9,11-12H,1-8H2. The monoisotopic (exact) mass is 185 g/mol. The van der Waals surface area contributed by atoms with Crippen LogP contribution in [-0.2, 0) is 4.74 Å². The minimum Gasteiger partial charge on any atom is -0.389 e.